The Kier molecular flexibility index (Phi) is 5.23. The fourth-order valence-corrected chi connectivity index (χ4v) is 2.72. The fraction of sp³-hybridized carbons (Fsp3) is 0.588. The highest BCUT2D eigenvalue weighted by Gasteiger charge is 2.22. The Morgan fingerprint density at radius 3 is 2.62 bits per heavy atom. The summed E-state index contributed by atoms with van der Waals surface area (Å²) < 4.78 is 5.79. The number of rotatable bonds is 5. The number of carbonyl (C=O) groups excluding carboxylic acids is 1. The largest absolute Gasteiger partial charge is 0.481 e. The summed E-state index contributed by atoms with van der Waals surface area (Å²) in [6.45, 7) is 5.40. The van der Waals surface area contributed by atoms with Crippen LogP contribution in [-0.2, 0) is 4.79 Å². The summed E-state index contributed by atoms with van der Waals surface area (Å²) in [4.78, 5) is 12.2. The quantitative estimate of drug-likeness (QED) is 0.877. The van der Waals surface area contributed by atoms with E-state index in [9.17, 15) is 9.90 Å². The molecule has 116 valence electrons. The smallest absolute Gasteiger partial charge is 0.260 e. The lowest BCUT2D eigenvalue weighted by Gasteiger charge is -2.20. The maximum absolute atomic E-state index is 12.2. The molecule has 0 aliphatic heterocycles. The molecule has 2 N–H and O–H groups in total. The van der Waals surface area contributed by atoms with Crippen molar-refractivity contribution in [2.75, 3.05) is 0 Å². The molecular weight excluding hydrogens is 266 g/mol. The van der Waals surface area contributed by atoms with Gasteiger partial charge in [0.25, 0.3) is 5.91 Å². The van der Waals surface area contributed by atoms with Crippen LogP contribution in [-0.4, -0.2) is 23.2 Å². The predicted octanol–water partition coefficient (Wildman–Crippen LogP) is 2.87. The number of aliphatic hydroxyl groups is 1. The van der Waals surface area contributed by atoms with Gasteiger partial charge in [-0.25, -0.2) is 0 Å². The third-order valence-corrected chi connectivity index (χ3v) is 3.99. The number of amides is 1. The average Bonchev–Trinajstić information content (AvgIpc) is 2.91. The summed E-state index contributed by atoms with van der Waals surface area (Å²) in [5, 5.41) is 12.8. The van der Waals surface area contributed by atoms with Gasteiger partial charge in [-0.1, -0.05) is 25.0 Å². The van der Waals surface area contributed by atoms with Gasteiger partial charge in [0.15, 0.2) is 6.10 Å². The molecule has 1 fully saturated rings. The zero-order chi connectivity index (χ0) is 15.4. The van der Waals surface area contributed by atoms with Crippen molar-refractivity contribution < 1.29 is 14.6 Å². The van der Waals surface area contributed by atoms with Gasteiger partial charge in [0.2, 0.25) is 0 Å². The highest BCUT2D eigenvalue weighted by Crippen LogP contribution is 2.27. The molecule has 1 unspecified atom stereocenters. The molecule has 1 saturated carbocycles. The van der Waals surface area contributed by atoms with Crippen LogP contribution >= 0.6 is 0 Å². The maximum atomic E-state index is 12.2. The van der Waals surface area contributed by atoms with Gasteiger partial charge in [0.1, 0.15) is 5.75 Å². The second-order valence-electron chi connectivity index (χ2n) is 5.97. The van der Waals surface area contributed by atoms with E-state index in [1.54, 1.807) is 13.8 Å². The van der Waals surface area contributed by atoms with Gasteiger partial charge in [-0.3, -0.25) is 4.79 Å². The summed E-state index contributed by atoms with van der Waals surface area (Å²) in [7, 11) is 0. The van der Waals surface area contributed by atoms with Crippen LogP contribution < -0.4 is 10.1 Å². The molecule has 0 saturated heterocycles. The molecular formula is C17H25NO3. The van der Waals surface area contributed by atoms with E-state index in [2.05, 4.69) is 5.32 Å². The Bertz CT molecular complexity index is 493. The van der Waals surface area contributed by atoms with Crippen LogP contribution in [0.1, 0.15) is 56.8 Å². The molecule has 1 aliphatic carbocycles. The van der Waals surface area contributed by atoms with Gasteiger partial charge in [-0.05, 0) is 45.2 Å². The van der Waals surface area contributed by atoms with Crippen LogP contribution in [0.3, 0.4) is 0 Å². The number of ether oxygens (including phenoxy) is 1. The number of aryl methyl sites for hydroxylation is 1. The first kappa shape index (κ1) is 15.8. The number of carbonyl (C=O) groups is 1. The number of hydrogen-bond donors (Lipinski definition) is 2. The van der Waals surface area contributed by atoms with Gasteiger partial charge >= 0.3 is 0 Å². The van der Waals surface area contributed by atoms with Crippen molar-refractivity contribution >= 4 is 5.91 Å². The average molecular weight is 291 g/mol. The van der Waals surface area contributed by atoms with Gasteiger partial charge in [0, 0.05) is 11.6 Å². The second-order valence-corrected chi connectivity index (χ2v) is 5.97. The van der Waals surface area contributed by atoms with Crippen molar-refractivity contribution in [2.45, 2.75) is 64.7 Å². The van der Waals surface area contributed by atoms with E-state index in [1.807, 2.05) is 25.1 Å². The van der Waals surface area contributed by atoms with E-state index < -0.39 is 12.2 Å². The summed E-state index contributed by atoms with van der Waals surface area (Å²) in [6, 6.07) is 5.92. The van der Waals surface area contributed by atoms with Crippen molar-refractivity contribution in [3.05, 3.63) is 29.3 Å². The Labute approximate surface area is 126 Å². The Morgan fingerprint density at radius 1 is 1.33 bits per heavy atom. The van der Waals surface area contributed by atoms with E-state index in [0.717, 1.165) is 18.4 Å². The summed E-state index contributed by atoms with van der Waals surface area (Å²) in [5.74, 6) is 0.499. The molecule has 2 rings (SSSR count). The van der Waals surface area contributed by atoms with Crippen LogP contribution in [0, 0.1) is 6.92 Å². The van der Waals surface area contributed by atoms with Gasteiger partial charge < -0.3 is 15.2 Å². The molecule has 0 bridgehead atoms. The molecule has 0 aromatic heterocycles. The van der Waals surface area contributed by atoms with E-state index in [0.29, 0.717) is 11.3 Å². The number of nitrogens with one attached hydrogen (secondary N) is 1. The van der Waals surface area contributed by atoms with Crippen molar-refractivity contribution in [1.29, 1.82) is 0 Å². The van der Waals surface area contributed by atoms with E-state index >= 15 is 0 Å². The molecule has 21 heavy (non-hydrogen) atoms. The molecule has 0 spiro atoms. The van der Waals surface area contributed by atoms with Crippen molar-refractivity contribution in [3.63, 3.8) is 0 Å². The standard InChI is InChI=1S/C17H25NO3/c1-11-8-9-15(12(2)19)16(10-11)21-13(3)17(20)18-14-6-4-5-7-14/h8-10,12-14,19H,4-7H2,1-3H3,(H,18,20)/t12-,13?/m0/s1. The molecule has 2 atom stereocenters. The van der Waals surface area contributed by atoms with Crippen LogP contribution in [0.5, 0.6) is 5.75 Å². The second kappa shape index (κ2) is 6.94. The lowest BCUT2D eigenvalue weighted by atomic mass is 10.1. The fourth-order valence-electron chi connectivity index (χ4n) is 2.72. The Balaban J connectivity index is 2.02. The SMILES string of the molecule is Cc1ccc([C@H](C)O)c(OC(C)C(=O)NC2CCCC2)c1. The normalized spacial score (nSPS) is 18.3. The minimum absolute atomic E-state index is 0.0834. The highest BCUT2D eigenvalue weighted by atomic mass is 16.5. The third-order valence-electron chi connectivity index (χ3n) is 3.99. The number of hydrogen-bond acceptors (Lipinski definition) is 3. The third kappa shape index (κ3) is 4.21. The van der Waals surface area contributed by atoms with E-state index in [-0.39, 0.29) is 11.9 Å². The number of aliphatic hydroxyl groups excluding tert-OH is 1. The molecule has 4 nitrogen and oxygen atoms in total. The zero-order valence-electron chi connectivity index (χ0n) is 13.1. The minimum Gasteiger partial charge on any atom is -0.481 e. The van der Waals surface area contributed by atoms with E-state index in [4.69, 9.17) is 4.74 Å². The lowest BCUT2D eigenvalue weighted by molar-refractivity contribution is -0.128. The molecule has 0 heterocycles. The van der Waals surface area contributed by atoms with Crippen molar-refractivity contribution in [2.24, 2.45) is 0 Å². The molecule has 1 amide bonds. The molecule has 1 aliphatic rings. The van der Waals surface area contributed by atoms with Crippen molar-refractivity contribution in [3.8, 4) is 5.75 Å². The predicted molar refractivity (Wildman–Crippen MR) is 82.3 cm³/mol. The Hall–Kier alpha value is -1.55. The highest BCUT2D eigenvalue weighted by molar-refractivity contribution is 5.81. The van der Waals surface area contributed by atoms with Gasteiger partial charge in [0.05, 0.1) is 6.10 Å². The van der Waals surface area contributed by atoms with Gasteiger partial charge in [-0.2, -0.15) is 0 Å². The zero-order valence-corrected chi connectivity index (χ0v) is 13.1. The molecule has 1 aromatic carbocycles. The monoisotopic (exact) mass is 291 g/mol. The van der Waals surface area contributed by atoms with Gasteiger partial charge in [-0.15, -0.1) is 0 Å². The Morgan fingerprint density at radius 2 is 2.00 bits per heavy atom. The maximum Gasteiger partial charge on any atom is 0.260 e. The summed E-state index contributed by atoms with van der Waals surface area (Å²) in [6.07, 6.45) is 3.30. The minimum atomic E-state index is -0.620. The van der Waals surface area contributed by atoms with Crippen LogP contribution in [0.15, 0.2) is 18.2 Å². The molecule has 0 radical (unpaired) electrons. The topological polar surface area (TPSA) is 58.6 Å². The first-order valence-electron chi connectivity index (χ1n) is 7.73. The molecule has 1 aromatic rings. The first-order chi connectivity index (χ1) is 9.97. The van der Waals surface area contributed by atoms with Crippen LogP contribution in [0.4, 0.5) is 0 Å². The molecule has 4 heteroatoms. The van der Waals surface area contributed by atoms with Crippen LogP contribution in [0.2, 0.25) is 0 Å². The lowest BCUT2D eigenvalue weighted by Crippen LogP contribution is -2.41. The van der Waals surface area contributed by atoms with Crippen molar-refractivity contribution in [1.82, 2.24) is 5.32 Å². The summed E-state index contributed by atoms with van der Waals surface area (Å²) in [5.41, 5.74) is 1.75. The van der Waals surface area contributed by atoms with Crippen LogP contribution in [0.25, 0.3) is 0 Å². The number of benzene rings is 1. The van der Waals surface area contributed by atoms with E-state index in [1.165, 1.54) is 12.8 Å². The summed E-state index contributed by atoms with van der Waals surface area (Å²) >= 11 is 0. The first-order valence-corrected chi connectivity index (χ1v) is 7.73.